The minimum atomic E-state index is -3.99. The van der Waals surface area contributed by atoms with Gasteiger partial charge in [0.1, 0.15) is 18.2 Å². The van der Waals surface area contributed by atoms with Gasteiger partial charge in [-0.25, -0.2) is 35.7 Å². The molecule has 5 rings (SSSR count). The number of nitrogens with one attached hydrogen (secondary N) is 2. The van der Waals surface area contributed by atoms with Crippen molar-refractivity contribution < 1.29 is 26.0 Å². The summed E-state index contributed by atoms with van der Waals surface area (Å²) < 4.78 is 84.5. The van der Waals surface area contributed by atoms with Crippen LogP contribution in [-0.4, -0.2) is 71.6 Å². The molecular weight excluding hydrogens is 522 g/mol. The van der Waals surface area contributed by atoms with Crippen LogP contribution in [0, 0.1) is 0 Å². The fourth-order valence-corrected chi connectivity index (χ4v) is 6.55. The molecule has 3 atom stereocenters. The number of hydrogen-bond acceptors (Lipinski definition) is 8. The third-order valence-corrected chi connectivity index (χ3v) is 9.24. The molecule has 1 aliphatic carbocycles. The molecule has 0 bridgehead atoms. The van der Waals surface area contributed by atoms with E-state index in [1.54, 1.807) is 18.7 Å². The summed E-state index contributed by atoms with van der Waals surface area (Å²) in [5, 5.41) is 9.87. The number of imidazole rings is 1. The zero-order chi connectivity index (χ0) is 25.8. The van der Waals surface area contributed by atoms with Crippen molar-refractivity contribution in [3.8, 4) is 10.8 Å². The van der Waals surface area contributed by atoms with E-state index in [4.69, 9.17) is 0 Å². The largest absolute Gasteiger partial charge is 0.364 e. The first-order valence-corrected chi connectivity index (χ1v) is 13.7. The molecule has 0 spiro atoms. The van der Waals surface area contributed by atoms with Crippen LogP contribution in [0.5, 0.6) is 0 Å². The number of pyridine rings is 1. The van der Waals surface area contributed by atoms with Crippen LogP contribution in [-0.2, 0) is 10.0 Å². The number of sulfonamides is 1. The van der Waals surface area contributed by atoms with Gasteiger partial charge in [0.25, 0.3) is 6.43 Å². The predicted octanol–water partition coefficient (Wildman–Crippen LogP) is 3.10. The number of fused-ring (bicyclic) bond motifs is 1. The maximum absolute atomic E-state index is 13.8. The number of nitrogens with zero attached hydrogens (tertiary/aromatic N) is 5. The molecule has 0 amide bonds. The second-order valence-electron chi connectivity index (χ2n) is 9.48. The van der Waals surface area contributed by atoms with Crippen molar-refractivity contribution in [1.82, 2.24) is 29.6 Å². The van der Waals surface area contributed by atoms with Crippen LogP contribution >= 0.6 is 11.3 Å². The molecule has 0 radical (unpaired) electrons. The van der Waals surface area contributed by atoms with Crippen molar-refractivity contribution in [3.63, 3.8) is 0 Å². The van der Waals surface area contributed by atoms with E-state index >= 15 is 0 Å². The smallest absolute Gasteiger partial charge is 0.291 e. The quantitative estimate of drug-likeness (QED) is 0.418. The Hall–Kier alpha value is -2.36. The summed E-state index contributed by atoms with van der Waals surface area (Å²) in [7, 11) is -3.99. The Balaban J connectivity index is 1.68. The number of anilines is 1. The Morgan fingerprint density at radius 3 is 2.64 bits per heavy atom. The summed E-state index contributed by atoms with van der Waals surface area (Å²) >= 11 is 0.654. The van der Waals surface area contributed by atoms with Crippen LogP contribution in [0.2, 0.25) is 0 Å². The molecule has 9 nitrogen and oxygen atoms in total. The van der Waals surface area contributed by atoms with Crippen molar-refractivity contribution in [2.45, 2.75) is 61.7 Å². The Labute approximate surface area is 209 Å². The van der Waals surface area contributed by atoms with Crippen LogP contribution in [0.3, 0.4) is 0 Å². The van der Waals surface area contributed by atoms with Crippen LogP contribution in [0.1, 0.15) is 38.1 Å². The number of aromatic nitrogens is 4. The van der Waals surface area contributed by atoms with Gasteiger partial charge in [-0.2, -0.15) is 0 Å². The predicted molar refractivity (Wildman–Crippen MR) is 126 cm³/mol. The number of halogens is 4. The first-order chi connectivity index (χ1) is 17.0. The molecule has 2 aliphatic rings. The lowest BCUT2D eigenvalue weighted by molar-refractivity contribution is 0.150. The third-order valence-electron chi connectivity index (χ3n) is 6.71. The molecule has 1 saturated carbocycles. The van der Waals surface area contributed by atoms with Crippen LogP contribution < -0.4 is 14.9 Å². The average molecular weight is 548 g/mol. The summed E-state index contributed by atoms with van der Waals surface area (Å²) in [4.78, 5) is 6.00. The lowest BCUT2D eigenvalue weighted by atomic mass is 10.0. The molecule has 36 heavy (non-hydrogen) atoms. The van der Waals surface area contributed by atoms with Crippen molar-refractivity contribution in [2.24, 2.45) is 0 Å². The van der Waals surface area contributed by atoms with E-state index in [-0.39, 0.29) is 22.3 Å². The fraction of sp³-hybridized carbons (Fsp3) is 0.571. The van der Waals surface area contributed by atoms with Gasteiger partial charge in [-0.15, -0.1) is 10.2 Å². The average Bonchev–Trinajstić information content (AvgIpc) is 3.23. The number of rotatable bonds is 8. The van der Waals surface area contributed by atoms with Crippen molar-refractivity contribution in [3.05, 3.63) is 23.5 Å². The summed E-state index contributed by atoms with van der Waals surface area (Å²) in [6.45, 7) is 2.25. The highest BCUT2D eigenvalue weighted by Crippen LogP contribution is 2.38. The zero-order valence-electron chi connectivity index (χ0n) is 19.5. The number of hydrogen-bond donors (Lipinski definition) is 2. The molecule has 1 saturated heterocycles. The van der Waals surface area contributed by atoms with E-state index in [9.17, 15) is 26.0 Å². The molecule has 0 unspecified atom stereocenters. The topological polar surface area (TPSA) is 105 Å². The molecule has 2 N–H and O–H groups in total. The van der Waals surface area contributed by atoms with Gasteiger partial charge in [0, 0.05) is 24.3 Å². The van der Waals surface area contributed by atoms with Crippen LogP contribution in [0.4, 0.5) is 23.2 Å². The molecule has 196 valence electrons. The van der Waals surface area contributed by atoms with E-state index < -0.39 is 58.5 Å². The van der Waals surface area contributed by atoms with Crippen molar-refractivity contribution >= 4 is 32.6 Å². The Morgan fingerprint density at radius 1 is 1.28 bits per heavy atom. The van der Waals surface area contributed by atoms with Crippen LogP contribution in [0.25, 0.3) is 16.3 Å². The minimum Gasteiger partial charge on any atom is -0.364 e. The minimum absolute atomic E-state index is 0.0875. The first-order valence-electron chi connectivity index (χ1n) is 11.4. The van der Waals surface area contributed by atoms with Gasteiger partial charge in [0.15, 0.2) is 15.8 Å². The Bertz CT molecular complexity index is 1380. The van der Waals surface area contributed by atoms with E-state index in [2.05, 4.69) is 25.2 Å². The summed E-state index contributed by atoms with van der Waals surface area (Å²) in [5.74, 6) is 0.136. The molecule has 4 heterocycles. The van der Waals surface area contributed by atoms with Gasteiger partial charge in [-0.3, -0.25) is 4.40 Å². The maximum Gasteiger partial charge on any atom is 0.291 e. The van der Waals surface area contributed by atoms with Gasteiger partial charge in [-0.05, 0) is 32.8 Å². The van der Waals surface area contributed by atoms with Crippen molar-refractivity contribution in [2.75, 3.05) is 24.8 Å². The molecule has 1 aliphatic heterocycles. The number of alkyl halides is 4. The van der Waals surface area contributed by atoms with E-state index in [1.807, 2.05) is 0 Å². The molecule has 15 heteroatoms. The summed E-state index contributed by atoms with van der Waals surface area (Å²) in [6, 6.07) is -0.322. The standard InChI is InChI=1S/C21H25F4N7O2S2/c1-11-14(7-23)27-12(6-22)9-31(11)15-5-13(36(33,34)30-21(2)3-4-21)10-32-16(15)8-26-18(32)20-29-28-19(35-20)17(24)25/h5,8,10-12,14,17,27,30H,3-4,6-7,9H2,1-2H3/t11-,12+,14+/m0/s1. The molecule has 0 aromatic carbocycles. The summed E-state index contributed by atoms with van der Waals surface area (Å²) in [5.41, 5.74) is 0.305. The van der Waals surface area contributed by atoms with Gasteiger partial charge < -0.3 is 10.2 Å². The van der Waals surface area contributed by atoms with Gasteiger partial charge in [0.2, 0.25) is 10.0 Å². The second-order valence-corrected chi connectivity index (χ2v) is 12.2. The molecular formula is C21H25F4N7O2S2. The fourth-order valence-electron chi connectivity index (χ4n) is 4.38. The highest BCUT2D eigenvalue weighted by atomic mass is 32.2. The van der Waals surface area contributed by atoms with Gasteiger partial charge in [-0.1, -0.05) is 11.3 Å². The first kappa shape index (κ1) is 25.3. The lowest BCUT2D eigenvalue weighted by Crippen LogP contribution is -2.63. The van der Waals surface area contributed by atoms with Crippen LogP contribution in [0.15, 0.2) is 23.4 Å². The highest BCUT2D eigenvalue weighted by Gasteiger charge is 2.42. The number of piperazine rings is 1. The normalized spacial score (nSPS) is 24.1. The summed E-state index contributed by atoms with van der Waals surface area (Å²) in [6.07, 6.45) is 1.40. The van der Waals surface area contributed by atoms with E-state index in [0.717, 1.165) is 0 Å². The maximum atomic E-state index is 13.8. The lowest BCUT2D eigenvalue weighted by Gasteiger charge is -2.44. The third kappa shape index (κ3) is 4.57. The van der Waals surface area contributed by atoms with E-state index in [0.29, 0.717) is 35.4 Å². The highest BCUT2D eigenvalue weighted by molar-refractivity contribution is 7.89. The molecule has 3 aromatic heterocycles. The Morgan fingerprint density at radius 2 is 2.03 bits per heavy atom. The SMILES string of the molecule is C[C@H]1[C@@H](CF)N[C@H](CF)CN1c1cc(S(=O)(=O)NC2(C)CC2)cn2c(-c3nnc(C(F)F)s3)ncc12. The van der Waals surface area contributed by atoms with Gasteiger partial charge in [0.05, 0.1) is 29.5 Å². The van der Waals surface area contributed by atoms with Gasteiger partial charge >= 0.3 is 0 Å². The monoisotopic (exact) mass is 547 g/mol. The van der Waals surface area contributed by atoms with E-state index in [1.165, 1.54) is 22.9 Å². The second kappa shape index (κ2) is 9.19. The zero-order valence-corrected chi connectivity index (χ0v) is 21.1. The Kier molecular flexibility index (Phi) is 6.46. The molecule has 2 fully saturated rings. The molecule has 3 aromatic rings. The van der Waals surface area contributed by atoms with Crippen molar-refractivity contribution in [1.29, 1.82) is 0 Å².